The zero-order valence-electron chi connectivity index (χ0n) is 12.3. The first kappa shape index (κ1) is 16.3. The Kier molecular flexibility index (Phi) is 6.91. The molecule has 0 bridgehead atoms. The van der Waals surface area contributed by atoms with Crippen LogP contribution in [-0.2, 0) is 0 Å². The van der Waals surface area contributed by atoms with Crippen LogP contribution in [0.4, 0.5) is 5.69 Å². The van der Waals surface area contributed by atoms with Gasteiger partial charge in [-0.2, -0.15) is 0 Å². The average molecular weight is 277 g/mol. The Hall–Kier alpha value is -1.71. The van der Waals surface area contributed by atoms with Crippen LogP contribution in [0, 0.1) is 16.0 Å². The smallest absolute Gasteiger partial charge is 0.270 e. The van der Waals surface area contributed by atoms with E-state index < -0.39 is 4.92 Å². The quantitative estimate of drug-likeness (QED) is 0.371. The highest BCUT2D eigenvalue weighted by Gasteiger charge is 2.20. The van der Waals surface area contributed by atoms with Crippen LogP contribution in [0.5, 0.6) is 0 Å². The van der Waals surface area contributed by atoms with Gasteiger partial charge < -0.3 is 0 Å². The van der Waals surface area contributed by atoms with E-state index in [4.69, 9.17) is 0 Å². The molecule has 0 spiro atoms. The van der Waals surface area contributed by atoms with Crippen molar-refractivity contribution in [3.8, 4) is 0 Å². The van der Waals surface area contributed by atoms with Gasteiger partial charge in [0.2, 0.25) is 0 Å². The average Bonchev–Trinajstić information content (AvgIpc) is 2.47. The number of ketones is 1. The first-order valence-corrected chi connectivity index (χ1v) is 7.38. The Morgan fingerprint density at radius 1 is 1.20 bits per heavy atom. The van der Waals surface area contributed by atoms with Crippen molar-refractivity contribution >= 4 is 11.5 Å². The largest absolute Gasteiger partial charge is 0.294 e. The number of carbonyl (C=O) groups is 1. The van der Waals surface area contributed by atoms with E-state index in [0.29, 0.717) is 5.56 Å². The van der Waals surface area contributed by atoms with Crippen LogP contribution in [-0.4, -0.2) is 10.7 Å². The van der Waals surface area contributed by atoms with E-state index in [1.807, 2.05) is 0 Å². The maximum absolute atomic E-state index is 12.5. The van der Waals surface area contributed by atoms with Crippen molar-refractivity contribution in [2.45, 2.75) is 52.4 Å². The summed E-state index contributed by atoms with van der Waals surface area (Å²) in [7, 11) is 0. The fraction of sp³-hybridized carbons (Fsp3) is 0.562. The molecular weight excluding hydrogens is 254 g/mol. The molecule has 0 aliphatic carbocycles. The zero-order valence-corrected chi connectivity index (χ0v) is 12.3. The lowest BCUT2D eigenvalue weighted by atomic mass is 9.88. The summed E-state index contributed by atoms with van der Waals surface area (Å²) in [4.78, 5) is 22.8. The van der Waals surface area contributed by atoms with Gasteiger partial charge in [0.25, 0.3) is 5.69 Å². The minimum Gasteiger partial charge on any atom is -0.294 e. The molecule has 0 fully saturated rings. The second-order valence-electron chi connectivity index (χ2n) is 5.15. The van der Waals surface area contributed by atoms with Gasteiger partial charge in [-0.15, -0.1) is 0 Å². The van der Waals surface area contributed by atoms with E-state index in [9.17, 15) is 14.9 Å². The number of benzene rings is 1. The Morgan fingerprint density at radius 3 is 2.30 bits per heavy atom. The van der Waals surface area contributed by atoms with Crippen LogP contribution >= 0.6 is 0 Å². The lowest BCUT2D eigenvalue weighted by molar-refractivity contribution is -0.384. The maximum Gasteiger partial charge on any atom is 0.270 e. The van der Waals surface area contributed by atoms with Gasteiger partial charge >= 0.3 is 0 Å². The van der Waals surface area contributed by atoms with Gasteiger partial charge in [-0.05, 0) is 12.8 Å². The molecule has 4 heteroatoms. The van der Waals surface area contributed by atoms with Crippen LogP contribution in [0.15, 0.2) is 24.3 Å². The first-order chi connectivity index (χ1) is 9.60. The molecule has 0 aliphatic rings. The minimum absolute atomic E-state index is 0.00287. The van der Waals surface area contributed by atoms with Crippen molar-refractivity contribution in [1.29, 1.82) is 0 Å². The Bertz CT molecular complexity index is 449. The first-order valence-electron chi connectivity index (χ1n) is 7.38. The molecule has 0 unspecified atom stereocenters. The van der Waals surface area contributed by atoms with E-state index in [0.717, 1.165) is 38.5 Å². The molecule has 20 heavy (non-hydrogen) atoms. The van der Waals surface area contributed by atoms with Gasteiger partial charge in [-0.25, -0.2) is 0 Å². The molecule has 1 rings (SSSR count). The molecule has 110 valence electrons. The Morgan fingerprint density at radius 2 is 1.80 bits per heavy atom. The maximum atomic E-state index is 12.5. The van der Waals surface area contributed by atoms with Crippen molar-refractivity contribution in [2.75, 3.05) is 0 Å². The summed E-state index contributed by atoms with van der Waals surface area (Å²) in [6.45, 7) is 4.21. The van der Waals surface area contributed by atoms with Crippen molar-refractivity contribution < 1.29 is 9.72 Å². The SMILES string of the molecule is CCCCC(CCCC)C(=O)c1cccc([N+](=O)[O-])c1. The van der Waals surface area contributed by atoms with Crippen molar-refractivity contribution in [3.63, 3.8) is 0 Å². The summed E-state index contributed by atoms with van der Waals surface area (Å²) < 4.78 is 0. The molecule has 0 N–H and O–H groups in total. The number of unbranched alkanes of at least 4 members (excludes halogenated alkanes) is 2. The van der Waals surface area contributed by atoms with Gasteiger partial charge in [-0.3, -0.25) is 14.9 Å². The predicted octanol–water partition coefficient (Wildman–Crippen LogP) is 4.77. The van der Waals surface area contributed by atoms with Gasteiger partial charge in [0.1, 0.15) is 0 Å². The summed E-state index contributed by atoms with van der Waals surface area (Å²) in [5.74, 6) is 0.0486. The molecule has 4 nitrogen and oxygen atoms in total. The van der Waals surface area contributed by atoms with Gasteiger partial charge in [0, 0.05) is 23.6 Å². The minimum atomic E-state index is -0.454. The molecule has 0 radical (unpaired) electrons. The molecule has 0 saturated heterocycles. The van der Waals surface area contributed by atoms with Crippen LogP contribution < -0.4 is 0 Å². The number of rotatable bonds is 9. The number of nitrogens with zero attached hydrogens (tertiary/aromatic N) is 1. The number of carbonyl (C=O) groups excluding carboxylic acids is 1. The van der Waals surface area contributed by atoms with Crippen LogP contribution in [0.2, 0.25) is 0 Å². The third kappa shape index (κ3) is 4.76. The van der Waals surface area contributed by atoms with Crippen molar-refractivity contribution in [2.24, 2.45) is 5.92 Å². The molecule has 1 aromatic rings. The van der Waals surface area contributed by atoms with E-state index in [1.165, 1.54) is 12.1 Å². The molecule has 0 saturated carbocycles. The Balaban J connectivity index is 2.86. The van der Waals surface area contributed by atoms with Crippen LogP contribution in [0.1, 0.15) is 62.7 Å². The predicted molar refractivity (Wildman–Crippen MR) is 80.0 cm³/mol. The van der Waals surface area contributed by atoms with Gasteiger partial charge in [0.15, 0.2) is 5.78 Å². The number of Topliss-reactive ketones (excluding diaryl/α,β-unsaturated/α-hetero) is 1. The standard InChI is InChI=1S/C16H23NO3/c1-3-5-8-13(9-6-4-2)16(18)14-10-7-11-15(12-14)17(19)20/h7,10-13H,3-6,8-9H2,1-2H3. The molecule has 0 heterocycles. The van der Waals surface area contributed by atoms with E-state index in [2.05, 4.69) is 13.8 Å². The van der Waals surface area contributed by atoms with Crippen molar-refractivity contribution in [1.82, 2.24) is 0 Å². The van der Waals surface area contributed by atoms with Crippen LogP contribution in [0.25, 0.3) is 0 Å². The Labute approximate surface area is 120 Å². The van der Waals surface area contributed by atoms with Gasteiger partial charge in [-0.1, -0.05) is 51.7 Å². The lowest BCUT2D eigenvalue weighted by Gasteiger charge is -2.15. The molecule has 1 aromatic carbocycles. The summed E-state index contributed by atoms with van der Waals surface area (Å²) in [6.07, 6.45) is 5.91. The summed E-state index contributed by atoms with van der Waals surface area (Å²) in [5.41, 5.74) is 0.456. The summed E-state index contributed by atoms with van der Waals surface area (Å²) >= 11 is 0. The highest BCUT2D eigenvalue weighted by atomic mass is 16.6. The monoisotopic (exact) mass is 277 g/mol. The van der Waals surface area contributed by atoms with Crippen molar-refractivity contribution in [3.05, 3.63) is 39.9 Å². The lowest BCUT2D eigenvalue weighted by Crippen LogP contribution is -2.15. The zero-order chi connectivity index (χ0) is 15.0. The number of nitro groups is 1. The molecule has 0 aromatic heterocycles. The highest BCUT2D eigenvalue weighted by molar-refractivity contribution is 5.98. The number of non-ortho nitro benzene ring substituents is 1. The van der Waals surface area contributed by atoms with Crippen LogP contribution in [0.3, 0.4) is 0 Å². The number of hydrogen-bond acceptors (Lipinski definition) is 3. The number of hydrogen-bond donors (Lipinski definition) is 0. The molecule has 0 aliphatic heterocycles. The van der Waals surface area contributed by atoms with E-state index >= 15 is 0 Å². The third-order valence-corrected chi connectivity index (χ3v) is 3.52. The third-order valence-electron chi connectivity index (χ3n) is 3.52. The fourth-order valence-electron chi connectivity index (χ4n) is 2.32. The topological polar surface area (TPSA) is 60.2 Å². The fourth-order valence-corrected chi connectivity index (χ4v) is 2.32. The van der Waals surface area contributed by atoms with Gasteiger partial charge in [0.05, 0.1) is 4.92 Å². The normalized spacial score (nSPS) is 10.8. The highest BCUT2D eigenvalue weighted by Crippen LogP contribution is 2.23. The molecular formula is C16H23NO3. The van der Waals surface area contributed by atoms with E-state index in [-0.39, 0.29) is 17.4 Å². The second-order valence-corrected chi connectivity index (χ2v) is 5.15. The van der Waals surface area contributed by atoms with E-state index in [1.54, 1.807) is 12.1 Å². The summed E-state index contributed by atoms with van der Waals surface area (Å²) in [5, 5.41) is 10.8. The number of nitro benzene ring substituents is 1. The molecule has 0 atom stereocenters. The summed E-state index contributed by atoms with van der Waals surface area (Å²) in [6, 6.07) is 6.08. The second kappa shape index (κ2) is 8.46. The molecule has 0 amide bonds.